The summed E-state index contributed by atoms with van der Waals surface area (Å²) in [7, 11) is 0. The van der Waals surface area contributed by atoms with Gasteiger partial charge in [0.25, 0.3) is 0 Å². The van der Waals surface area contributed by atoms with Gasteiger partial charge in [-0.05, 0) is 32.9 Å². The van der Waals surface area contributed by atoms with Crippen LogP contribution in [0.4, 0.5) is 10.5 Å². The minimum atomic E-state index is -0.475. The second-order valence-electron chi connectivity index (χ2n) is 4.73. The number of nitrogens with zero attached hydrogens (tertiary/aromatic N) is 1. The fourth-order valence-corrected chi connectivity index (χ4v) is 1.28. The molecule has 1 rings (SSSR count). The number of carbonyl (C=O) groups is 1. The lowest BCUT2D eigenvalue weighted by atomic mass is 10.2. The average Bonchev–Trinajstić information content (AvgIpc) is 2.24. The smallest absolute Gasteiger partial charge is 0.407 e. The molecule has 5 nitrogen and oxygen atoms in total. The zero-order chi connectivity index (χ0) is 13.6. The molecule has 2 N–H and O–H groups in total. The van der Waals surface area contributed by atoms with Gasteiger partial charge in [-0.1, -0.05) is 11.6 Å². The summed E-state index contributed by atoms with van der Waals surface area (Å²) in [5.74, 6) is 0. The summed E-state index contributed by atoms with van der Waals surface area (Å²) in [5, 5.41) is 6.20. The van der Waals surface area contributed by atoms with E-state index in [0.717, 1.165) is 5.69 Å². The molecule has 6 heteroatoms. The Bertz CT molecular complexity index is 387. The number of amides is 1. The Morgan fingerprint density at radius 3 is 2.67 bits per heavy atom. The van der Waals surface area contributed by atoms with Crippen LogP contribution in [0.5, 0.6) is 0 Å². The summed E-state index contributed by atoms with van der Waals surface area (Å²) in [6.07, 6.45) is 1.22. The third kappa shape index (κ3) is 6.30. The summed E-state index contributed by atoms with van der Waals surface area (Å²) in [6, 6.07) is 3.52. The predicted octanol–water partition coefficient (Wildman–Crippen LogP) is 2.67. The van der Waals surface area contributed by atoms with Crippen molar-refractivity contribution in [2.45, 2.75) is 26.4 Å². The number of nitrogens with one attached hydrogen (secondary N) is 2. The van der Waals surface area contributed by atoms with Crippen LogP contribution in [0.1, 0.15) is 20.8 Å². The summed E-state index contributed by atoms with van der Waals surface area (Å²) in [5.41, 5.74) is 0.378. The van der Waals surface area contributed by atoms with Gasteiger partial charge in [0.05, 0.1) is 11.9 Å². The van der Waals surface area contributed by atoms with Crippen LogP contribution < -0.4 is 10.6 Å². The van der Waals surface area contributed by atoms with E-state index in [-0.39, 0.29) is 0 Å². The van der Waals surface area contributed by atoms with Crippen molar-refractivity contribution < 1.29 is 9.53 Å². The molecule has 0 aliphatic heterocycles. The van der Waals surface area contributed by atoms with E-state index in [9.17, 15) is 4.79 Å². The second kappa shape index (κ2) is 6.44. The van der Waals surface area contributed by atoms with Crippen LogP contribution in [0.3, 0.4) is 0 Å². The molecule has 0 aliphatic rings. The molecule has 0 unspecified atom stereocenters. The third-order valence-corrected chi connectivity index (χ3v) is 2.07. The van der Waals surface area contributed by atoms with Crippen molar-refractivity contribution in [3.05, 3.63) is 23.5 Å². The fraction of sp³-hybridized carbons (Fsp3) is 0.500. The third-order valence-electron chi connectivity index (χ3n) is 1.85. The Kier molecular flexibility index (Phi) is 5.22. The molecule has 0 saturated heterocycles. The Hall–Kier alpha value is -1.49. The quantitative estimate of drug-likeness (QED) is 0.653. The van der Waals surface area contributed by atoms with Crippen molar-refractivity contribution in [1.29, 1.82) is 0 Å². The molecule has 100 valence electrons. The standard InChI is InChI=1S/C12H18ClN3O2/c1-12(2,3)18-11(17)15-7-6-14-9-4-5-10(13)16-8-9/h4-5,8,14H,6-7H2,1-3H3,(H,15,17). The lowest BCUT2D eigenvalue weighted by molar-refractivity contribution is 0.0530. The first-order chi connectivity index (χ1) is 8.37. The summed E-state index contributed by atoms with van der Waals surface area (Å²) in [6.45, 7) is 6.53. The Labute approximate surface area is 112 Å². The van der Waals surface area contributed by atoms with Gasteiger partial charge in [-0.2, -0.15) is 0 Å². The van der Waals surface area contributed by atoms with Gasteiger partial charge in [0.15, 0.2) is 0 Å². The van der Waals surface area contributed by atoms with E-state index >= 15 is 0 Å². The maximum absolute atomic E-state index is 11.3. The van der Waals surface area contributed by atoms with E-state index in [0.29, 0.717) is 18.2 Å². The van der Waals surface area contributed by atoms with Crippen LogP contribution in [-0.4, -0.2) is 29.8 Å². The molecular weight excluding hydrogens is 254 g/mol. The van der Waals surface area contributed by atoms with Crippen molar-refractivity contribution in [2.24, 2.45) is 0 Å². The molecule has 0 aromatic carbocycles. The van der Waals surface area contributed by atoms with Gasteiger partial charge in [-0.25, -0.2) is 9.78 Å². The number of aromatic nitrogens is 1. The maximum Gasteiger partial charge on any atom is 0.407 e. The number of alkyl carbamates (subject to hydrolysis) is 1. The van der Waals surface area contributed by atoms with Gasteiger partial charge >= 0.3 is 6.09 Å². The summed E-state index contributed by atoms with van der Waals surface area (Å²) in [4.78, 5) is 15.3. The topological polar surface area (TPSA) is 63.2 Å². The molecule has 0 aliphatic carbocycles. The molecule has 0 saturated carbocycles. The van der Waals surface area contributed by atoms with Gasteiger partial charge in [0, 0.05) is 13.1 Å². The van der Waals surface area contributed by atoms with Crippen LogP contribution in [0.15, 0.2) is 18.3 Å². The first kappa shape index (κ1) is 14.6. The van der Waals surface area contributed by atoms with Gasteiger partial charge in [-0.15, -0.1) is 0 Å². The van der Waals surface area contributed by atoms with E-state index in [1.165, 1.54) is 0 Å². The Balaban J connectivity index is 2.19. The maximum atomic E-state index is 11.3. The van der Waals surface area contributed by atoms with E-state index in [1.54, 1.807) is 12.3 Å². The molecule has 0 radical (unpaired) electrons. The molecule has 0 fully saturated rings. The zero-order valence-electron chi connectivity index (χ0n) is 10.8. The van der Waals surface area contributed by atoms with Gasteiger partial charge < -0.3 is 15.4 Å². The number of hydrogen-bond acceptors (Lipinski definition) is 4. The highest BCUT2D eigenvalue weighted by Crippen LogP contribution is 2.09. The number of carbonyl (C=O) groups excluding carboxylic acids is 1. The summed E-state index contributed by atoms with van der Waals surface area (Å²) >= 11 is 5.66. The predicted molar refractivity (Wildman–Crippen MR) is 72.0 cm³/mol. The van der Waals surface area contributed by atoms with Crippen molar-refractivity contribution in [1.82, 2.24) is 10.3 Å². The zero-order valence-corrected chi connectivity index (χ0v) is 11.5. The fourth-order valence-electron chi connectivity index (χ4n) is 1.17. The molecule has 18 heavy (non-hydrogen) atoms. The molecule has 1 heterocycles. The van der Waals surface area contributed by atoms with E-state index < -0.39 is 11.7 Å². The largest absolute Gasteiger partial charge is 0.444 e. The minimum absolute atomic E-state index is 0.418. The molecule has 0 atom stereocenters. The highest BCUT2D eigenvalue weighted by atomic mass is 35.5. The molecular formula is C12H18ClN3O2. The van der Waals surface area contributed by atoms with Crippen LogP contribution >= 0.6 is 11.6 Å². The highest BCUT2D eigenvalue weighted by Gasteiger charge is 2.15. The van der Waals surface area contributed by atoms with Crippen LogP contribution in [0.25, 0.3) is 0 Å². The van der Waals surface area contributed by atoms with Crippen molar-refractivity contribution in [2.75, 3.05) is 18.4 Å². The van der Waals surface area contributed by atoms with Gasteiger partial charge in [0.1, 0.15) is 10.8 Å². The van der Waals surface area contributed by atoms with Crippen LogP contribution in [0, 0.1) is 0 Å². The van der Waals surface area contributed by atoms with Crippen molar-refractivity contribution in [3.63, 3.8) is 0 Å². The normalized spacial score (nSPS) is 10.9. The number of hydrogen-bond donors (Lipinski definition) is 2. The number of ether oxygens (including phenoxy) is 1. The van der Waals surface area contributed by atoms with Crippen LogP contribution in [0.2, 0.25) is 5.15 Å². The SMILES string of the molecule is CC(C)(C)OC(=O)NCCNc1ccc(Cl)nc1. The number of rotatable bonds is 4. The second-order valence-corrected chi connectivity index (χ2v) is 5.11. The average molecular weight is 272 g/mol. The van der Waals surface area contributed by atoms with Crippen LogP contribution in [-0.2, 0) is 4.74 Å². The monoisotopic (exact) mass is 271 g/mol. The Morgan fingerprint density at radius 2 is 2.11 bits per heavy atom. The number of pyridine rings is 1. The Morgan fingerprint density at radius 1 is 1.39 bits per heavy atom. The van der Waals surface area contributed by atoms with Gasteiger partial charge in [0.2, 0.25) is 0 Å². The lowest BCUT2D eigenvalue weighted by Gasteiger charge is -2.19. The highest BCUT2D eigenvalue weighted by molar-refractivity contribution is 6.29. The van der Waals surface area contributed by atoms with Gasteiger partial charge in [-0.3, -0.25) is 0 Å². The minimum Gasteiger partial charge on any atom is -0.444 e. The van der Waals surface area contributed by atoms with Crippen molar-refractivity contribution in [3.8, 4) is 0 Å². The first-order valence-electron chi connectivity index (χ1n) is 5.69. The molecule has 0 bridgehead atoms. The van der Waals surface area contributed by atoms with Crippen molar-refractivity contribution >= 4 is 23.4 Å². The van der Waals surface area contributed by atoms with E-state index in [2.05, 4.69) is 15.6 Å². The number of anilines is 1. The molecule has 1 amide bonds. The number of halogens is 1. The molecule has 0 spiro atoms. The lowest BCUT2D eigenvalue weighted by Crippen LogP contribution is -2.34. The first-order valence-corrected chi connectivity index (χ1v) is 6.07. The molecule has 1 aromatic heterocycles. The summed E-state index contributed by atoms with van der Waals surface area (Å²) < 4.78 is 5.10. The van der Waals surface area contributed by atoms with E-state index in [4.69, 9.17) is 16.3 Å². The molecule has 1 aromatic rings. The van der Waals surface area contributed by atoms with E-state index in [1.807, 2.05) is 26.8 Å².